The second kappa shape index (κ2) is 6.86. The van der Waals surface area contributed by atoms with Gasteiger partial charge < -0.3 is 11.1 Å². The Bertz CT molecular complexity index is 669. The van der Waals surface area contributed by atoms with Crippen molar-refractivity contribution in [1.29, 1.82) is 0 Å². The fraction of sp³-hybridized carbons (Fsp3) is 0.444. The van der Waals surface area contributed by atoms with E-state index in [0.717, 1.165) is 17.1 Å². The summed E-state index contributed by atoms with van der Waals surface area (Å²) in [5, 5.41) is 7.55. The van der Waals surface area contributed by atoms with Gasteiger partial charge in [-0.05, 0) is 30.5 Å². The van der Waals surface area contributed by atoms with Crippen molar-refractivity contribution in [1.82, 2.24) is 9.78 Å². The van der Waals surface area contributed by atoms with Gasteiger partial charge in [-0.1, -0.05) is 31.4 Å². The molecule has 23 heavy (non-hydrogen) atoms. The molecule has 2 aromatic rings. The van der Waals surface area contributed by atoms with Crippen LogP contribution in [0.1, 0.15) is 49.3 Å². The molecule has 0 aliphatic heterocycles. The molecule has 1 saturated carbocycles. The average molecular weight is 312 g/mol. The minimum Gasteiger partial charge on any atom is -0.399 e. The predicted molar refractivity (Wildman–Crippen MR) is 92.2 cm³/mol. The number of carbonyl (C=O) groups excluding carboxylic acids is 1. The molecule has 0 radical (unpaired) electrons. The fourth-order valence-electron chi connectivity index (χ4n) is 3.21. The molecule has 1 aliphatic rings. The number of aromatic nitrogens is 2. The Morgan fingerprint density at radius 3 is 2.65 bits per heavy atom. The van der Waals surface area contributed by atoms with Gasteiger partial charge in [0.25, 0.3) is 0 Å². The van der Waals surface area contributed by atoms with Crippen molar-refractivity contribution in [2.75, 3.05) is 11.1 Å². The first-order valence-corrected chi connectivity index (χ1v) is 8.30. The highest BCUT2D eigenvalue weighted by Gasteiger charge is 2.19. The molecule has 1 aromatic carbocycles. The number of nitrogen functional groups attached to an aromatic ring is 1. The monoisotopic (exact) mass is 312 g/mol. The maximum atomic E-state index is 12.2. The Hall–Kier alpha value is -2.30. The van der Waals surface area contributed by atoms with Crippen molar-refractivity contribution in [3.63, 3.8) is 0 Å². The molecule has 0 unspecified atom stereocenters. The molecule has 0 bridgehead atoms. The Morgan fingerprint density at radius 2 is 1.96 bits per heavy atom. The van der Waals surface area contributed by atoms with Gasteiger partial charge >= 0.3 is 0 Å². The van der Waals surface area contributed by atoms with Crippen LogP contribution in [0.5, 0.6) is 0 Å². The van der Waals surface area contributed by atoms with E-state index in [1.165, 1.54) is 32.1 Å². The number of hydrogen-bond acceptors (Lipinski definition) is 3. The van der Waals surface area contributed by atoms with E-state index in [-0.39, 0.29) is 5.91 Å². The zero-order valence-electron chi connectivity index (χ0n) is 13.6. The quantitative estimate of drug-likeness (QED) is 0.851. The van der Waals surface area contributed by atoms with Crippen LogP contribution < -0.4 is 11.1 Å². The van der Waals surface area contributed by atoms with Crippen LogP contribution in [0, 0.1) is 0 Å². The minimum absolute atomic E-state index is 0.0343. The van der Waals surface area contributed by atoms with Gasteiger partial charge in [0, 0.05) is 24.7 Å². The first-order chi connectivity index (χ1) is 11.1. The van der Waals surface area contributed by atoms with Crippen LogP contribution in [-0.2, 0) is 18.3 Å². The first kappa shape index (κ1) is 15.6. The SMILES string of the molecule is Cn1nc(C2CCCCC2)cc1NC(=O)Cc1ccc(N)cc1. The molecular formula is C18H24N4O. The summed E-state index contributed by atoms with van der Waals surface area (Å²) in [6.07, 6.45) is 6.63. The molecular weight excluding hydrogens is 288 g/mol. The number of aryl methyl sites for hydroxylation is 1. The maximum Gasteiger partial charge on any atom is 0.229 e. The fourth-order valence-corrected chi connectivity index (χ4v) is 3.21. The third-order valence-electron chi connectivity index (χ3n) is 4.53. The van der Waals surface area contributed by atoms with E-state index in [0.29, 0.717) is 18.0 Å². The van der Waals surface area contributed by atoms with E-state index in [1.807, 2.05) is 37.4 Å². The Balaban J connectivity index is 1.63. The second-order valence-electron chi connectivity index (χ2n) is 6.38. The van der Waals surface area contributed by atoms with Gasteiger partial charge in [-0.25, -0.2) is 0 Å². The highest BCUT2D eigenvalue weighted by Crippen LogP contribution is 2.32. The van der Waals surface area contributed by atoms with Crippen molar-refractivity contribution in [2.45, 2.75) is 44.4 Å². The van der Waals surface area contributed by atoms with E-state index < -0.39 is 0 Å². The van der Waals surface area contributed by atoms with Crippen molar-refractivity contribution in [2.24, 2.45) is 7.05 Å². The molecule has 3 N–H and O–H groups in total. The van der Waals surface area contributed by atoms with Crippen molar-refractivity contribution >= 4 is 17.4 Å². The highest BCUT2D eigenvalue weighted by atomic mass is 16.1. The normalized spacial score (nSPS) is 15.5. The van der Waals surface area contributed by atoms with Crippen LogP contribution in [0.15, 0.2) is 30.3 Å². The largest absolute Gasteiger partial charge is 0.399 e. The van der Waals surface area contributed by atoms with Gasteiger partial charge in [0.05, 0.1) is 12.1 Å². The maximum absolute atomic E-state index is 12.2. The average Bonchev–Trinajstić information content (AvgIpc) is 2.91. The molecule has 1 aliphatic carbocycles. The number of nitrogens with zero attached hydrogens (tertiary/aromatic N) is 2. The van der Waals surface area contributed by atoms with Crippen molar-refractivity contribution in [3.05, 3.63) is 41.6 Å². The van der Waals surface area contributed by atoms with Crippen LogP contribution in [-0.4, -0.2) is 15.7 Å². The molecule has 0 spiro atoms. The lowest BCUT2D eigenvalue weighted by Crippen LogP contribution is -2.16. The summed E-state index contributed by atoms with van der Waals surface area (Å²) in [6.45, 7) is 0. The van der Waals surface area contributed by atoms with Crippen LogP contribution in [0.4, 0.5) is 11.5 Å². The molecule has 1 heterocycles. The number of anilines is 2. The summed E-state index contributed by atoms with van der Waals surface area (Å²) < 4.78 is 1.77. The molecule has 122 valence electrons. The lowest BCUT2D eigenvalue weighted by atomic mass is 9.87. The number of nitrogens with one attached hydrogen (secondary N) is 1. The molecule has 1 amide bonds. The summed E-state index contributed by atoms with van der Waals surface area (Å²) in [7, 11) is 1.88. The third kappa shape index (κ3) is 3.92. The molecule has 3 rings (SSSR count). The first-order valence-electron chi connectivity index (χ1n) is 8.30. The summed E-state index contributed by atoms with van der Waals surface area (Å²) in [6, 6.07) is 9.41. The van der Waals surface area contributed by atoms with Gasteiger partial charge in [-0.3, -0.25) is 9.48 Å². The van der Waals surface area contributed by atoms with E-state index in [2.05, 4.69) is 10.4 Å². The van der Waals surface area contributed by atoms with E-state index in [1.54, 1.807) is 4.68 Å². The zero-order chi connectivity index (χ0) is 16.2. The van der Waals surface area contributed by atoms with Gasteiger partial charge in [0.1, 0.15) is 5.82 Å². The van der Waals surface area contributed by atoms with Gasteiger partial charge in [0.2, 0.25) is 5.91 Å². The summed E-state index contributed by atoms with van der Waals surface area (Å²) in [5.74, 6) is 1.27. The molecule has 5 heteroatoms. The van der Waals surface area contributed by atoms with E-state index in [9.17, 15) is 4.79 Å². The van der Waals surface area contributed by atoms with E-state index >= 15 is 0 Å². The lowest BCUT2D eigenvalue weighted by molar-refractivity contribution is -0.115. The molecule has 0 saturated heterocycles. The van der Waals surface area contributed by atoms with Crippen LogP contribution in [0.3, 0.4) is 0 Å². The number of hydrogen-bond donors (Lipinski definition) is 2. The molecule has 5 nitrogen and oxygen atoms in total. The number of carbonyl (C=O) groups is 1. The Labute approximate surface area is 136 Å². The van der Waals surface area contributed by atoms with Crippen LogP contribution in [0.2, 0.25) is 0 Å². The summed E-state index contributed by atoms with van der Waals surface area (Å²) in [4.78, 5) is 12.2. The smallest absolute Gasteiger partial charge is 0.229 e. The summed E-state index contributed by atoms with van der Waals surface area (Å²) >= 11 is 0. The zero-order valence-corrected chi connectivity index (χ0v) is 13.6. The van der Waals surface area contributed by atoms with Crippen LogP contribution >= 0.6 is 0 Å². The predicted octanol–water partition coefficient (Wildman–Crippen LogP) is 3.23. The number of rotatable bonds is 4. The van der Waals surface area contributed by atoms with E-state index in [4.69, 9.17) is 5.73 Å². The van der Waals surface area contributed by atoms with Gasteiger partial charge in [-0.2, -0.15) is 5.10 Å². The highest BCUT2D eigenvalue weighted by molar-refractivity contribution is 5.91. The number of nitrogens with two attached hydrogens (primary N) is 1. The standard InChI is InChI=1S/C18H24N4O/c1-22-17(12-16(21-22)14-5-3-2-4-6-14)20-18(23)11-13-7-9-15(19)10-8-13/h7-10,12,14H,2-6,11,19H2,1H3,(H,20,23). The van der Waals surface area contributed by atoms with Crippen molar-refractivity contribution < 1.29 is 4.79 Å². The second-order valence-corrected chi connectivity index (χ2v) is 6.38. The topological polar surface area (TPSA) is 72.9 Å². The molecule has 1 aromatic heterocycles. The molecule has 0 atom stereocenters. The summed E-state index contributed by atoms with van der Waals surface area (Å²) in [5.41, 5.74) is 8.43. The Kier molecular flexibility index (Phi) is 4.65. The Morgan fingerprint density at radius 1 is 1.26 bits per heavy atom. The van der Waals surface area contributed by atoms with Crippen LogP contribution in [0.25, 0.3) is 0 Å². The van der Waals surface area contributed by atoms with Gasteiger partial charge in [-0.15, -0.1) is 0 Å². The third-order valence-corrected chi connectivity index (χ3v) is 4.53. The minimum atomic E-state index is -0.0343. The molecule has 1 fully saturated rings. The number of amides is 1. The van der Waals surface area contributed by atoms with Crippen molar-refractivity contribution in [3.8, 4) is 0 Å². The van der Waals surface area contributed by atoms with Gasteiger partial charge in [0.15, 0.2) is 0 Å². The lowest BCUT2D eigenvalue weighted by Gasteiger charge is -2.19. The number of benzene rings is 1.